The van der Waals surface area contributed by atoms with E-state index in [2.05, 4.69) is 11.4 Å². The molecule has 0 saturated carbocycles. The topological polar surface area (TPSA) is 32.3 Å². The SMILES string of the molecule is CN(Cc1ccccc1)C(=O)C1NCc2ccccc21. The summed E-state index contributed by atoms with van der Waals surface area (Å²) in [5.74, 6) is 0.124. The van der Waals surface area contributed by atoms with Gasteiger partial charge in [0.1, 0.15) is 6.04 Å². The zero-order valence-electron chi connectivity index (χ0n) is 11.5. The van der Waals surface area contributed by atoms with Crippen LogP contribution in [0.2, 0.25) is 0 Å². The maximum atomic E-state index is 12.6. The van der Waals surface area contributed by atoms with E-state index in [9.17, 15) is 4.79 Å². The third kappa shape index (κ3) is 2.45. The number of amides is 1. The van der Waals surface area contributed by atoms with Crippen LogP contribution in [-0.4, -0.2) is 17.9 Å². The Morgan fingerprint density at radius 2 is 1.85 bits per heavy atom. The van der Waals surface area contributed by atoms with Gasteiger partial charge in [-0.2, -0.15) is 0 Å². The maximum Gasteiger partial charge on any atom is 0.244 e. The van der Waals surface area contributed by atoms with Gasteiger partial charge in [-0.3, -0.25) is 10.1 Å². The van der Waals surface area contributed by atoms with Gasteiger partial charge in [-0.05, 0) is 16.7 Å². The molecule has 0 aliphatic carbocycles. The molecule has 2 aromatic carbocycles. The van der Waals surface area contributed by atoms with Crippen LogP contribution in [0.15, 0.2) is 54.6 Å². The highest BCUT2D eigenvalue weighted by Crippen LogP contribution is 2.26. The third-order valence-electron chi connectivity index (χ3n) is 3.75. The first-order valence-electron chi connectivity index (χ1n) is 6.86. The molecule has 2 aromatic rings. The van der Waals surface area contributed by atoms with E-state index in [1.165, 1.54) is 5.56 Å². The fourth-order valence-corrected chi connectivity index (χ4v) is 2.67. The summed E-state index contributed by atoms with van der Waals surface area (Å²) >= 11 is 0. The molecular weight excluding hydrogens is 248 g/mol. The van der Waals surface area contributed by atoms with E-state index < -0.39 is 0 Å². The van der Waals surface area contributed by atoms with Gasteiger partial charge in [-0.25, -0.2) is 0 Å². The number of hydrogen-bond acceptors (Lipinski definition) is 2. The molecule has 0 saturated heterocycles. The van der Waals surface area contributed by atoms with Gasteiger partial charge < -0.3 is 4.90 Å². The Balaban J connectivity index is 1.74. The van der Waals surface area contributed by atoms with Crippen molar-refractivity contribution >= 4 is 5.91 Å². The molecule has 102 valence electrons. The molecule has 0 spiro atoms. The molecule has 1 aliphatic heterocycles. The Hall–Kier alpha value is -2.13. The van der Waals surface area contributed by atoms with E-state index in [0.717, 1.165) is 17.7 Å². The van der Waals surface area contributed by atoms with Crippen molar-refractivity contribution in [2.75, 3.05) is 7.05 Å². The lowest BCUT2D eigenvalue weighted by molar-refractivity contribution is -0.132. The molecular formula is C17H18N2O. The summed E-state index contributed by atoms with van der Waals surface area (Å²) in [6, 6.07) is 18.0. The van der Waals surface area contributed by atoms with Crippen molar-refractivity contribution in [2.45, 2.75) is 19.1 Å². The highest BCUT2D eigenvalue weighted by molar-refractivity contribution is 5.84. The number of benzene rings is 2. The van der Waals surface area contributed by atoms with Crippen LogP contribution in [0, 0.1) is 0 Å². The highest BCUT2D eigenvalue weighted by Gasteiger charge is 2.29. The van der Waals surface area contributed by atoms with Gasteiger partial charge in [0.2, 0.25) is 5.91 Å². The maximum absolute atomic E-state index is 12.6. The van der Waals surface area contributed by atoms with Gasteiger partial charge in [0.25, 0.3) is 0 Å². The first-order valence-corrected chi connectivity index (χ1v) is 6.86. The van der Waals surface area contributed by atoms with E-state index in [1.54, 1.807) is 4.90 Å². The zero-order valence-corrected chi connectivity index (χ0v) is 11.5. The van der Waals surface area contributed by atoms with Crippen LogP contribution in [0.5, 0.6) is 0 Å². The van der Waals surface area contributed by atoms with E-state index in [-0.39, 0.29) is 11.9 Å². The molecule has 3 heteroatoms. The molecule has 0 bridgehead atoms. The molecule has 1 unspecified atom stereocenters. The lowest BCUT2D eigenvalue weighted by Crippen LogP contribution is -2.35. The van der Waals surface area contributed by atoms with Crippen LogP contribution in [-0.2, 0) is 17.9 Å². The summed E-state index contributed by atoms with van der Waals surface area (Å²) in [5.41, 5.74) is 3.48. The molecule has 1 aliphatic rings. The Kier molecular flexibility index (Phi) is 3.52. The summed E-state index contributed by atoms with van der Waals surface area (Å²) in [6.45, 7) is 1.41. The van der Waals surface area contributed by atoms with Gasteiger partial charge in [-0.15, -0.1) is 0 Å². The number of nitrogens with zero attached hydrogens (tertiary/aromatic N) is 1. The number of fused-ring (bicyclic) bond motifs is 1. The van der Waals surface area contributed by atoms with Gasteiger partial charge >= 0.3 is 0 Å². The molecule has 1 N–H and O–H groups in total. The first kappa shape index (κ1) is 12.9. The second kappa shape index (κ2) is 5.47. The van der Waals surface area contributed by atoms with Crippen molar-refractivity contribution in [1.82, 2.24) is 10.2 Å². The number of carbonyl (C=O) groups excluding carboxylic acids is 1. The lowest BCUT2D eigenvalue weighted by Gasteiger charge is -2.22. The molecule has 3 nitrogen and oxygen atoms in total. The number of hydrogen-bond donors (Lipinski definition) is 1. The number of carbonyl (C=O) groups is 1. The Labute approximate surface area is 119 Å². The smallest absolute Gasteiger partial charge is 0.244 e. The van der Waals surface area contributed by atoms with Crippen molar-refractivity contribution in [1.29, 1.82) is 0 Å². The summed E-state index contributed by atoms with van der Waals surface area (Å²) < 4.78 is 0. The first-order chi connectivity index (χ1) is 9.75. The van der Waals surface area contributed by atoms with Crippen LogP contribution < -0.4 is 5.32 Å². The summed E-state index contributed by atoms with van der Waals surface area (Å²) in [6.07, 6.45) is 0. The average molecular weight is 266 g/mol. The summed E-state index contributed by atoms with van der Waals surface area (Å²) in [5, 5.41) is 3.30. The molecule has 0 aromatic heterocycles. The van der Waals surface area contributed by atoms with Crippen molar-refractivity contribution < 1.29 is 4.79 Å². The van der Waals surface area contributed by atoms with Gasteiger partial charge in [0, 0.05) is 20.1 Å². The normalized spacial score (nSPS) is 16.8. The predicted octanol–water partition coefficient (Wildman–Crippen LogP) is 2.49. The van der Waals surface area contributed by atoms with Gasteiger partial charge in [-0.1, -0.05) is 54.6 Å². The minimum absolute atomic E-state index is 0.124. The standard InChI is InChI=1S/C17H18N2O/c1-19(12-13-7-3-2-4-8-13)17(20)16-15-10-6-5-9-14(15)11-18-16/h2-10,16,18H,11-12H2,1H3. The van der Waals surface area contributed by atoms with Crippen LogP contribution in [0.3, 0.4) is 0 Å². The van der Waals surface area contributed by atoms with Gasteiger partial charge in [0.05, 0.1) is 0 Å². The second-order valence-corrected chi connectivity index (χ2v) is 5.19. The van der Waals surface area contributed by atoms with Gasteiger partial charge in [0.15, 0.2) is 0 Å². The molecule has 0 radical (unpaired) electrons. The molecule has 1 heterocycles. The second-order valence-electron chi connectivity index (χ2n) is 5.19. The van der Waals surface area contributed by atoms with Crippen LogP contribution >= 0.6 is 0 Å². The molecule has 1 atom stereocenters. The number of nitrogens with one attached hydrogen (secondary N) is 1. The summed E-state index contributed by atoms with van der Waals surface area (Å²) in [4.78, 5) is 14.4. The fraction of sp³-hybridized carbons (Fsp3) is 0.235. The quantitative estimate of drug-likeness (QED) is 0.925. The third-order valence-corrected chi connectivity index (χ3v) is 3.75. The van der Waals surface area contributed by atoms with E-state index >= 15 is 0 Å². The van der Waals surface area contributed by atoms with Crippen molar-refractivity contribution in [3.63, 3.8) is 0 Å². The molecule has 3 rings (SSSR count). The Morgan fingerprint density at radius 1 is 1.15 bits per heavy atom. The highest BCUT2D eigenvalue weighted by atomic mass is 16.2. The average Bonchev–Trinajstić information content (AvgIpc) is 2.91. The Morgan fingerprint density at radius 3 is 2.65 bits per heavy atom. The Bertz CT molecular complexity index is 609. The fourth-order valence-electron chi connectivity index (χ4n) is 2.67. The molecule has 1 amide bonds. The van der Waals surface area contributed by atoms with E-state index in [1.807, 2.05) is 55.6 Å². The minimum atomic E-state index is -0.208. The number of rotatable bonds is 3. The van der Waals surface area contributed by atoms with Crippen molar-refractivity contribution in [3.8, 4) is 0 Å². The van der Waals surface area contributed by atoms with Crippen LogP contribution in [0.1, 0.15) is 22.7 Å². The monoisotopic (exact) mass is 266 g/mol. The van der Waals surface area contributed by atoms with Crippen LogP contribution in [0.25, 0.3) is 0 Å². The largest absolute Gasteiger partial charge is 0.340 e. The lowest BCUT2D eigenvalue weighted by atomic mass is 10.0. The van der Waals surface area contributed by atoms with Crippen LogP contribution in [0.4, 0.5) is 0 Å². The van der Waals surface area contributed by atoms with E-state index in [0.29, 0.717) is 6.54 Å². The minimum Gasteiger partial charge on any atom is -0.340 e. The van der Waals surface area contributed by atoms with E-state index in [4.69, 9.17) is 0 Å². The molecule has 20 heavy (non-hydrogen) atoms. The molecule has 0 fully saturated rings. The zero-order chi connectivity index (χ0) is 13.9. The summed E-state index contributed by atoms with van der Waals surface area (Å²) in [7, 11) is 1.86. The van der Waals surface area contributed by atoms with Crippen molar-refractivity contribution in [2.24, 2.45) is 0 Å². The van der Waals surface area contributed by atoms with Crippen molar-refractivity contribution in [3.05, 3.63) is 71.3 Å². The predicted molar refractivity (Wildman–Crippen MR) is 78.9 cm³/mol. The number of likely N-dealkylation sites (N-methyl/N-ethyl adjacent to an activating group) is 1.